The van der Waals surface area contributed by atoms with Gasteiger partial charge >= 0.3 is 0 Å². The van der Waals surface area contributed by atoms with Gasteiger partial charge in [0.15, 0.2) is 0 Å². The highest BCUT2D eigenvalue weighted by molar-refractivity contribution is 6.26. The van der Waals surface area contributed by atoms with Crippen LogP contribution < -0.4 is 9.80 Å². The van der Waals surface area contributed by atoms with E-state index >= 15 is 0 Å². The molecule has 17 rings (SSSR count). The summed E-state index contributed by atoms with van der Waals surface area (Å²) in [5.74, 6) is 0. The minimum Gasteiger partial charge on any atom is -0.311 e. The van der Waals surface area contributed by atoms with Crippen LogP contribution in [-0.2, 0) is 0 Å². The number of para-hydroxylation sites is 1. The first-order valence-electron chi connectivity index (χ1n) is 30.6. The molecule has 0 aliphatic rings. The lowest BCUT2D eigenvalue weighted by atomic mass is 9.94. The highest BCUT2D eigenvalue weighted by Crippen LogP contribution is 2.47. The monoisotopic (exact) mass is 1130 g/mol. The Labute approximate surface area is 517 Å². The zero-order valence-corrected chi connectivity index (χ0v) is 48.8. The van der Waals surface area contributed by atoms with Crippen LogP contribution >= 0.6 is 0 Å². The third-order valence-corrected chi connectivity index (χ3v) is 18.2. The molecule has 0 atom stereocenters. The van der Waals surface area contributed by atoms with Crippen molar-refractivity contribution in [2.45, 2.75) is 0 Å². The second-order valence-electron chi connectivity index (χ2n) is 23.2. The zero-order chi connectivity index (χ0) is 58.8. The number of anilines is 6. The lowest BCUT2D eigenvalue weighted by Crippen LogP contribution is -2.10. The summed E-state index contributed by atoms with van der Waals surface area (Å²) in [4.78, 5) is 4.81. The van der Waals surface area contributed by atoms with Crippen LogP contribution in [0.4, 0.5) is 34.1 Å². The number of rotatable bonds is 11. The predicted octanol–water partition coefficient (Wildman–Crippen LogP) is 24.2. The molecular weight excluding hydrogens is 1070 g/mol. The minimum absolute atomic E-state index is 1.07. The number of nitrogens with zero attached hydrogens (tertiary/aromatic N) is 3. The second-order valence-corrected chi connectivity index (χ2v) is 23.2. The normalized spacial score (nSPS) is 11.6. The molecule has 3 nitrogen and oxygen atoms in total. The Morgan fingerprint density at radius 1 is 0.191 bits per heavy atom. The first-order valence-corrected chi connectivity index (χ1v) is 30.6. The molecule has 0 amide bonds. The van der Waals surface area contributed by atoms with Crippen molar-refractivity contribution in [3.63, 3.8) is 0 Å². The number of aromatic nitrogens is 1. The summed E-state index contributed by atoms with van der Waals surface area (Å²) in [6.45, 7) is 0. The Kier molecular flexibility index (Phi) is 12.5. The van der Waals surface area contributed by atoms with Crippen LogP contribution in [0.3, 0.4) is 0 Å². The van der Waals surface area contributed by atoms with Crippen molar-refractivity contribution < 1.29 is 0 Å². The van der Waals surface area contributed by atoms with Gasteiger partial charge in [-0.25, -0.2) is 0 Å². The van der Waals surface area contributed by atoms with Gasteiger partial charge in [-0.05, 0) is 190 Å². The SMILES string of the molecule is c1ccc(-c2ccc(N(c3ccccc3)c3ccc(-c4ccc5c(c4)c4cc(N(c6ccc(-c7cccc8ccccc78)cc6)c6ccc(-c7ccccc7)c7ccccc67)ccc4n5-c4ccc5c6ccccc6c6ccccc6c5c4)cc3)cc2)cc1. The molecule has 16 aromatic carbocycles. The van der Waals surface area contributed by atoms with E-state index in [1.165, 1.54) is 92.6 Å². The van der Waals surface area contributed by atoms with Crippen LogP contribution in [0.1, 0.15) is 0 Å². The van der Waals surface area contributed by atoms with Crippen molar-refractivity contribution in [3.8, 4) is 50.2 Å². The molecule has 0 saturated carbocycles. The van der Waals surface area contributed by atoms with Crippen LogP contribution in [0, 0.1) is 0 Å². The van der Waals surface area contributed by atoms with Crippen molar-refractivity contribution in [2.24, 2.45) is 0 Å². The molecule has 0 fully saturated rings. The smallest absolute Gasteiger partial charge is 0.0542 e. The van der Waals surface area contributed by atoms with Gasteiger partial charge in [-0.1, -0.05) is 249 Å². The fraction of sp³-hybridized carbons (Fsp3) is 0. The molecule has 0 bridgehead atoms. The van der Waals surface area contributed by atoms with Crippen molar-refractivity contribution in [3.05, 3.63) is 346 Å². The van der Waals surface area contributed by atoms with E-state index in [1.807, 2.05) is 0 Å². The molecule has 0 saturated heterocycles. The fourth-order valence-corrected chi connectivity index (χ4v) is 13.9. The first kappa shape index (κ1) is 51.6. The quantitative estimate of drug-likeness (QED) is 0.120. The Hall–Kier alpha value is -11.8. The van der Waals surface area contributed by atoms with Gasteiger partial charge in [-0.3, -0.25) is 0 Å². The van der Waals surface area contributed by atoms with Crippen LogP contribution in [0.5, 0.6) is 0 Å². The van der Waals surface area contributed by atoms with Gasteiger partial charge in [0.05, 0.1) is 16.7 Å². The summed E-state index contributed by atoms with van der Waals surface area (Å²) in [7, 11) is 0. The van der Waals surface area contributed by atoms with E-state index in [4.69, 9.17) is 0 Å². The third-order valence-electron chi connectivity index (χ3n) is 18.2. The lowest BCUT2D eigenvalue weighted by molar-refractivity contribution is 1.18. The molecule has 0 unspecified atom stereocenters. The van der Waals surface area contributed by atoms with E-state index in [9.17, 15) is 0 Å². The number of hydrogen-bond acceptors (Lipinski definition) is 2. The van der Waals surface area contributed by atoms with Crippen LogP contribution in [0.2, 0.25) is 0 Å². The maximum absolute atomic E-state index is 2.49. The van der Waals surface area contributed by atoms with Crippen molar-refractivity contribution in [1.82, 2.24) is 4.57 Å². The first-order chi connectivity index (χ1) is 44.1. The van der Waals surface area contributed by atoms with Gasteiger partial charge in [0, 0.05) is 50.3 Å². The molecule has 17 aromatic rings. The standard InChI is InChI=1S/C86H57N3/c1-4-19-58(20-5-1)59-35-42-66(43-36-59)87(65-25-8-3-9-26-65)67-44-37-60(38-45-67)64-41-52-85-82(55-64)83-57-69(49-53-86(83)89(85)70-48-50-79-77-31-13-12-29-75(77)76-30-14-15-32-78(76)81(79)56-70)88(68-46-39-63(40-47-68)72-34-18-24-62-23-10-11-27-71(62)72)84-54-51-73(61-21-6-2-7-22-61)74-28-16-17-33-80(74)84/h1-57H. The predicted molar refractivity (Wildman–Crippen MR) is 379 cm³/mol. The van der Waals surface area contributed by atoms with Crippen molar-refractivity contribution in [2.75, 3.05) is 9.80 Å². The fourth-order valence-electron chi connectivity index (χ4n) is 13.9. The van der Waals surface area contributed by atoms with E-state index in [0.29, 0.717) is 0 Å². The molecule has 0 radical (unpaired) electrons. The minimum atomic E-state index is 1.07. The Bertz CT molecular complexity index is 5480. The zero-order valence-electron chi connectivity index (χ0n) is 48.8. The van der Waals surface area contributed by atoms with Crippen LogP contribution in [-0.4, -0.2) is 4.57 Å². The summed E-state index contributed by atoms with van der Waals surface area (Å²) in [5, 5.41) is 14.7. The lowest BCUT2D eigenvalue weighted by Gasteiger charge is -2.28. The Balaban J connectivity index is 0.854. The van der Waals surface area contributed by atoms with Gasteiger partial charge in [0.1, 0.15) is 0 Å². The highest BCUT2D eigenvalue weighted by atomic mass is 15.1. The molecule has 0 N–H and O–H groups in total. The van der Waals surface area contributed by atoms with E-state index in [2.05, 4.69) is 360 Å². The molecule has 1 heterocycles. The molecule has 0 spiro atoms. The van der Waals surface area contributed by atoms with Crippen LogP contribution in [0.25, 0.3) is 126 Å². The molecule has 416 valence electrons. The average Bonchev–Trinajstić information content (AvgIpc) is 1.73. The Morgan fingerprint density at radius 2 is 0.607 bits per heavy atom. The van der Waals surface area contributed by atoms with E-state index < -0.39 is 0 Å². The summed E-state index contributed by atoms with van der Waals surface area (Å²) >= 11 is 0. The van der Waals surface area contributed by atoms with Gasteiger partial charge in [-0.15, -0.1) is 0 Å². The molecule has 0 aliphatic heterocycles. The largest absolute Gasteiger partial charge is 0.311 e. The highest BCUT2D eigenvalue weighted by Gasteiger charge is 2.23. The molecule has 3 heteroatoms. The van der Waals surface area contributed by atoms with E-state index in [1.54, 1.807) is 0 Å². The summed E-state index contributed by atoms with van der Waals surface area (Å²) in [6.07, 6.45) is 0. The molecule has 0 aliphatic carbocycles. The topological polar surface area (TPSA) is 11.4 Å². The summed E-state index contributed by atoms with van der Waals surface area (Å²) < 4.78 is 2.49. The maximum atomic E-state index is 2.49. The van der Waals surface area contributed by atoms with Gasteiger partial charge in [0.2, 0.25) is 0 Å². The molecular formula is C86H57N3. The maximum Gasteiger partial charge on any atom is 0.0542 e. The van der Waals surface area contributed by atoms with E-state index in [-0.39, 0.29) is 0 Å². The number of hydrogen-bond donors (Lipinski definition) is 0. The Morgan fingerprint density at radius 3 is 1.26 bits per heavy atom. The van der Waals surface area contributed by atoms with E-state index in [0.717, 1.165) is 67.4 Å². The van der Waals surface area contributed by atoms with Crippen molar-refractivity contribution in [1.29, 1.82) is 0 Å². The molecule has 1 aromatic heterocycles. The second kappa shape index (κ2) is 21.6. The number of benzene rings is 16. The van der Waals surface area contributed by atoms with Gasteiger partial charge in [-0.2, -0.15) is 0 Å². The van der Waals surface area contributed by atoms with Crippen LogP contribution in [0.15, 0.2) is 346 Å². The van der Waals surface area contributed by atoms with Crippen molar-refractivity contribution >= 4 is 110 Å². The third kappa shape index (κ3) is 8.98. The van der Waals surface area contributed by atoms with Gasteiger partial charge < -0.3 is 14.4 Å². The average molecular weight is 1130 g/mol. The number of fused-ring (bicyclic) bond motifs is 11. The summed E-state index contributed by atoms with van der Waals surface area (Å²) in [5.41, 5.74) is 19.4. The summed E-state index contributed by atoms with van der Waals surface area (Å²) in [6, 6.07) is 127. The van der Waals surface area contributed by atoms with Gasteiger partial charge in [0.25, 0.3) is 0 Å². The molecule has 89 heavy (non-hydrogen) atoms.